The van der Waals surface area contributed by atoms with Crippen LogP contribution in [0, 0.1) is 5.82 Å². The smallest absolute Gasteiger partial charge is 0.149 e. The number of anilines is 1. The quantitative estimate of drug-likeness (QED) is 0.725. The molecule has 1 aliphatic rings. The number of hydrogen-bond donors (Lipinski definition) is 2. The molecule has 1 aromatic rings. The van der Waals surface area contributed by atoms with E-state index >= 15 is 0 Å². The van der Waals surface area contributed by atoms with Crippen LogP contribution in [0.5, 0.6) is 5.75 Å². The lowest BCUT2D eigenvalue weighted by Gasteiger charge is -2.10. The number of rotatable bonds is 2. The Hall–Kier alpha value is -1.97. The summed E-state index contributed by atoms with van der Waals surface area (Å²) in [4.78, 5) is 0. The number of hydrogen-bond acceptors (Lipinski definition) is 3. The minimum absolute atomic E-state index is 0.122. The molecule has 1 heterocycles. The maximum atomic E-state index is 13.1. The van der Waals surface area contributed by atoms with Crippen molar-refractivity contribution < 1.29 is 9.13 Å². The van der Waals surface area contributed by atoms with Crippen LogP contribution < -0.4 is 15.8 Å². The lowest BCUT2D eigenvalue weighted by Crippen LogP contribution is -2.10. The standard InChI is InChI=1S/C11H11FN2O/c12-10-7-9(1-2-11(10)13)15-8-3-5-14-6-4-8/h1-5,7,14H,6,13H2. The maximum absolute atomic E-state index is 13.1. The Morgan fingerprint density at radius 1 is 1.40 bits per heavy atom. The first-order valence-corrected chi connectivity index (χ1v) is 4.59. The van der Waals surface area contributed by atoms with E-state index in [0.29, 0.717) is 18.1 Å². The molecular weight excluding hydrogens is 195 g/mol. The fraction of sp³-hybridized carbons (Fsp3) is 0.0909. The third-order valence-corrected chi connectivity index (χ3v) is 1.99. The summed E-state index contributed by atoms with van der Waals surface area (Å²) in [5.41, 5.74) is 5.48. The van der Waals surface area contributed by atoms with Crippen molar-refractivity contribution in [2.24, 2.45) is 0 Å². The lowest BCUT2D eigenvalue weighted by atomic mass is 10.3. The van der Waals surface area contributed by atoms with Gasteiger partial charge in [-0.05, 0) is 24.3 Å². The van der Waals surface area contributed by atoms with Crippen LogP contribution in [0.1, 0.15) is 0 Å². The molecular formula is C11H11FN2O. The summed E-state index contributed by atoms with van der Waals surface area (Å²) >= 11 is 0. The fourth-order valence-corrected chi connectivity index (χ4v) is 1.22. The zero-order valence-corrected chi connectivity index (χ0v) is 8.03. The van der Waals surface area contributed by atoms with Crippen molar-refractivity contribution in [2.75, 3.05) is 12.3 Å². The third kappa shape index (κ3) is 2.28. The Morgan fingerprint density at radius 2 is 2.27 bits per heavy atom. The number of nitrogens with one attached hydrogen (secondary N) is 1. The number of ether oxygens (including phenoxy) is 1. The first-order chi connectivity index (χ1) is 7.25. The van der Waals surface area contributed by atoms with Crippen molar-refractivity contribution >= 4 is 5.69 Å². The molecule has 0 atom stereocenters. The van der Waals surface area contributed by atoms with Gasteiger partial charge in [-0.3, -0.25) is 0 Å². The van der Waals surface area contributed by atoms with Crippen molar-refractivity contribution in [3.8, 4) is 5.75 Å². The molecule has 0 aromatic heterocycles. The molecule has 0 saturated carbocycles. The van der Waals surface area contributed by atoms with Gasteiger partial charge in [0.1, 0.15) is 17.3 Å². The number of benzene rings is 1. The first-order valence-electron chi connectivity index (χ1n) is 4.59. The van der Waals surface area contributed by atoms with E-state index in [-0.39, 0.29) is 5.69 Å². The summed E-state index contributed by atoms with van der Waals surface area (Å²) in [5, 5.41) is 2.99. The van der Waals surface area contributed by atoms with Gasteiger partial charge in [0.2, 0.25) is 0 Å². The summed E-state index contributed by atoms with van der Waals surface area (Å²) in [6.45, 7) is 0.712. The molecule has 1 aliphatic heterocycles. The minimum atomic E-state index is -0.467. The molecule has 0 fully saturated rings. The van der Waals surface area contributed by atoms with E-state index in [2.05, 4.69) is 5.32 Å². The first kappa shape index (κ1) is 9.58. The molecule has 0 saturated heterocycles. The van der Waals surface area contributed by atoms with Crippen LogP contribution in [0.4, 0.5) is 10.1 Å². The molecule has 15 heavy (non-hydrogen) atoms. The zero-order chi connectivity index (χ0) is 10.7. The van der Waals surface area contributed by atoms with Crippen molar-refractivity contribution in [1.29, 1.82) is 0 Å². The summed E-state index contributed by atoms with van der Waals surface area (Å²) < 4.78 is 18.5. The highest BCUT2D eigenvalue weighted by Crippen LogP contribution is 2.20. The largest absolute Gasteiger partial charge is 0.457 e. The molecule has 0 amide bonds. The Labute approximate surface area is 87.0 Å². The average Bonchev–Trinajstić information content (AvgIpc) is 2.25. The maximum Gasteiger partial charge on any atom is 0.149 e. The van der Waals surface area contributed by atoms with Gasteiger partial charge in [-0.25, -0.2) is 4.39 Å². The predicted molar refractivity (Wildman–Crippen MR) is 56.7 cm³/mol. The summed E-state index contributed by atoms with van der Waals surface area (Å²) in [5.74, 6) is 0.670. The van der Waals surface area contributed by atoms with Crippen LogP contribution in [-0.4, -0.2) is 6.54 Å². The Bertz CT molecular complexity index is 427. The van der Waals surface area contributed by atoms with Crippen LogP contribution in [0.2, 0.25) is 0 Å². The van der Waals surface area contributed by atoms with Gasteiger partial charge in [0, 0.05) is 18.8 Å². The van der Waals surface area contributed by atoms with Crippen molar-refractivity contribution in [3.63, 3.8) is 0 Å². The average molecular weight is 206 g/mol. The molecule has 0 aliphatic carbocycles. The Morgan fingerprint density at radius 3 is 2.93 bits per heavy atom. The van der Waals surface area contributed by atoms with E-state index in [1.165, 1.54) is 12.1 Å². The number of nitrogens with two attached hydrogens (primary N) is 1. The van der Waals surface area contributed by atoms with Gasteiger partial charge in [-0.1, -0.05) is 0 Å². The van der Waals surface area contributed by atoms with Crippen LogP contribution in [0.25, 0.3) is 0 Å². The normalized spacial score (nSPS) is 14.3. The van der Waals surface area contributed by atoms with Crippen molar-refractivity contribution in [1.82, 2.24) is 5.32 Å². The lowest BCUT2D eigenvalue weighted by molar-refractivity contribution is 0.435. The second kappa shape index (κ2) is 4.04. The molecule has 4 heteroatoms. The second-order valence-electron chi connectivity index (χ2n) is 3.13. The highest BCUT2D eigenvalue weighted by atomic mass is 19.1. The number of nitrogen functional groups attached to an aromatic ring is 1. The summed E-state index contributed by atoms with van der Waals surface area (Å²) in [6.07, 6.45) is 5.43. The van der Waals surface area contributed by atoms with Gasteiger partial charge in [-0.15, -0.1) is 0 Å². The van der Waals surface area contributed by atoms with E-state index in [9.17, 15) is 4.39 Å². The van der Waals surface area contributed by atoms with Gasteiger partial charge in [-0.2, -0.15) is 0 Å². The van der Waals surface area contributed by atoms with Gasteiger partial charge in [0.15, 0.2) is 0 Å². The van der Waals surface area contributed by atoms with E-state index in [4.69, 9.17) is 10.5 Å². The molecule has 0 radical (unpaired) electrons. The van der Waals surface area contributed by atoms with Crippen LogP contribution in [-0.2, 0) is 0 Å². The van der Waals surface area contributed by atoms with Gasteiger partial charge in [0.25, 0.3) is 0 Å². The Balaban J connectivity index is 2.14. The monoisotopic (exact) mass is 206 g/mol. The van der Waals surface area contributed by atoms with Crippen molar-refractivity contribution in [2.45, 2.75) is 0 Å². The Kier molecular flexibility index (Phi) is 2.58. The molecule has 3 nitrogen and oxygen atoms in total. The molecule has 0 bridgehead atoms. The van der Waals surface area contributed by atoms with E-state index in [1.807, 2.05) is 6.08 Å². The van der Waals surface area contributed by atoms with Crippen LogP contribution in [0.3, 0.4) is 0 Å². The topological polar surface area (TPSA) is 47.3 Å². The summed E-state index contributed by atoms with van der Waals surface area (Å²) in [6, 6.07) is 4.39. The molecule has 1 aromatic carbocycles. The van der Waals surface area contributed by atoms with Gasteiger partial charge in [0.05, 0.1) is 5.69 Å². The van der Waals surface area contributed by atoms with Crippen molar-refractivity contribution in [3.05, 3.63) is 48.1 Å². The molecule has 0 spiro atoms. The third-order valence-electron chi connectivity index (χ3n) is 1.99. The number of halogens is 1. The van der Waals surface area contributed by atoms with E-state index in [0.717, 1.165) is 0 Å². The summed E-state index contributed by atoms with van der Waals surface area (Å²) in [7, 11) is 0. The van der Waals surface area contributed by atoms with Crippen LogP contribution >= 0.6 is 0 Å². The highest BCUT2D eigenvalue weighted by Gasteiger charge is 2.03. The van der Waals surface area contributed by atoms with Crippen LogP contribution in [0.15, 0.2) is 42.3 Å². The second-order valence-corrected chi connectivity index (χ2v) is 3.13. The van der Waals surface area contributed by atoms with Gasteiger partial charge < -0.3 is 15.8 Å². The molecule has 2 rings (SSSR count). The highest BCUT2D eigenvalue weighted by molar-refractivity contribution is 5.44. The SMILES string of the molecule is Nc1ccc(OC2=CCNC=C2)cc1F. The fourth-order valence-electron chi connectivity index (χ4n) is 1.22. The van der Waals surface area contributed by atoms with E-state index in [1.54, 1.807) is 18.3 Å². The number of dihydropyridines is 1. The molecule has 0 unspecified atom stereocenters. The minimum Gasteiger partial charge on any atom is -0.457 e. The zero-order valence-electron chi connectivity index (χ0n) is 8.03. The van der Waals surface area contributed by atoms with Gasteiger partial charge >= 0.3 is 0 Å². The number of allylic oxidation sites excluding steroid dienone is 1. The predicted octanol–water partition coefficient (Wildman–Crippen LogP) is 1.79. The molecule has 78 valence electrons. The molecule has 3 N–H and O–H groups in total. The van der Waals surface area contributed by atoms with E-state index < -0.39 is 5.82 Å².